The molecule has 7 heteroatoms. The normalized spacial score (nSPS) is 18.8. The largest absolute Gasteiger partial charge is 0.496 e. The number of piperidine rings is 1. The predicted octanol–water partition coefficient (Wildman–Crippen LogP) is 2.04. The Morgan fingerprint density at radius 1 is 1.22 bits per heavy atom. The van der Waals surface area contributed by atoms with E-state index in [1.165, 1.54) is 0 Å². The van der Waals surface area contributed by atoms with Crippen molar-refractivity contribution < 1.29 is 9.47 Å². The molecule has 2 aliphatic heterocycles. The zero-order valence-corrected chi connectivity index (χ0v) is 15.9. The smallest absolute Gasteiger partial charge is 0.264 e. The lowest BCUT2D eigenvalue weighted by atomic mass is 9.78. The molecule has 2 saturated heterocycles. The average molecular weight is 370 g/mol. The highest BCUT2D eigenvalue weighted by atomic mass is 16.5. The SMILES string of the molecule is COc1ccccc1-c1c(N)nc(N2CCC3(CCOC3)CC2)n(C)c1=O. The lowest BCUT2D eigenvalue weighted by Crippen LogP contribution is -2.43. The van der Waals surface area contributed by atoms with Gasteiger partial charge in [0.05, 0.1) is 19.3 Å². The van der Waals surface area contributed by atoms with Crippen LogP contribution in [0.15, 0.2) is 29.1 Å². The molecule has 27 heavy (non-hydrogen) atoms. The molecule has 1 aromatic heterocycles. The van der Waals surface area contributed by atoms with Gasteiger partial charge in [-0.1, -0.05) is 18.2 Å². The van der Waals surface area contributed by atoms with Gasteiger partial charge in [-0.2, -0.15) is 4.98 Å². The number of rotatable bonds is 3. The first-order chi connectivity index (χ1) is 13.0. The molecule has 0 bridgehead atoms. The number of anilines is 2. The molecule has 0 aliphatic carbocycles. The zero-order valence-electron chi connectivity index (χ0n) is 15.9. The first-order valence-corrected chi connectivity index (χ1v) is 9.37. The predicted molar refractivity (Wildman–Crippen MR) is 105 cm³/mol. The van der Waals surface area contributed by atoms with Gasteiger partial charge in [-0.25, -0.2) is 0 Å². The van der Waals surface area contributed by atoms with Gasteiger partial charge in [0.25, 0.3) is 5.56 Å². The highest BCUT2D eigenvalue weighted by molar-refractivity contribution is 5.78. The number of nitrogen functional groups attached to an aromatic ring is 1. The van der Waals surface area contributed by atoms with Gasteiger partial charge in [0.15, 0.2) is 0 Å². The second-order valence-electron chi connectivity index (χ2n) is 7.53. The maximum absolute atomic E-state index is 13.1. The summed E-state index contributed by atoms with van der Waals surface area (Å²) in [6, 6.07) is 7.37. The number of nitrogens with two attached hydrogens (primary N) is 1. The van der Waals surface area contributed by atoms with E-state index in [2.05, 4.69) is 9.88 Å². The highest BCUT2D eigenvalue weighted by Gasteiger charge is 2.38. The van der Waals surface area contributed by atoms with Crippen LogP contribution in [-0.4, -0.2) is 43.0 Å². The molecule has 1 spiro atoms. The third kappa shape index (κ3) is 3.06. The van der Waals surface area contributed by atoms with Crippen molar-refractivity contribution in [2.24, 2.45) is 12.5 Å². The lowest BCUT2D eigenvalue weighted by Gasteiger charge is -2.39. The van der Waals surface area contributed by atoms with E-state index >= 15 is 0 Å². The van der Waals surface area contributed by atoms with Gasteiger partial charge >= 0.3 is 0 Å². The topological polar surface area (TPSA) is 82.6 Å². The number of benzene rings is 1. The maximum Gasteiger partial charge on any atom is 0.264 e. The number of ether oxygens (including phenoxy) is 2. The molecule has 1 aromatic carbocycles. The van der Waals surface area contributed by atoms with E-state index < -0.39 is 0 Å². The molecular weight excluding hydrogens is 344 g/mol. The lowest BCUT2D eigenvalue weighted by molar-refractivity contribution is 0.133. The van der Waals surface area contributed by atoms with Crippen molar-refractivity contribution in [3.8, 4) is 16.9 Å². The monoisotopic (exact) mass is 370 g/mol. The number of hydrogen-bond acceptors (Lipinski definition) is 6. The molecule has 7 nitrogen and oxygen atoms in total. The maximum atomic E-state index is 13.1. The number of nitrogens with zero attached hydrogens (tertiary/aromatic N) is 3. The molecule has 0 atom stereocenters. The molecule has 2 aromatic rings. The van der Waals surface area contributed by atoms with Crippen molar-refractivity contribution in [3.63, 3.8) is 0 Å². The Labute approximate surface area is 158 Å². The van der Waals surface area contributed by atoms with E-state index in [0.29, 0.717) is 28.2 Å². The minimum atomic E-state index is -0.161. The first kappa shape index (κ1) is 17.9. The van der Waals surface area contributed by atoms with Crippen LogP contribution in [0.25, 0.3) is 11.1 Å². The van der Waals surface area contributed by atoms with E-state index in [1.54, 1.807) is 18.7 Å². The van der Waals surface area contributed by atoms with Crippen LogP contribution in [0.3, 0.4) is 0 Å². The van der Waals surface area contributed by atoms with Crippen LogP contribution < -0.4 is 20.9 Å². The average Bonchev–Trinajstić information content (AvgIpc) is 3.14. The highest BCUT2D eigenvalue weighted by Crippen LogP contribution is 2.40. The Morgan fingerprint density at radius 2 is 1.96 bits per heavy atom. The van der Waals surface area contributed by atoms with Gasteiger partial charge in [0.1, 0.15) is 11.6 Å². The number of aromatic nitrogens is 2. The van der Waals surface area contributed by atoms with Gasteiger partial charge in [-0.3, -0.25) is 9.36 Å². The van der Waals surface area contributed by atoms with Crippen molar-refractivity contribution in [3.05, 3.63) is 34.6 Å². The van der Waals surface area contributed by atoms with Crippen LogP contribution in [0, 0.1) is 5.41 Å². The number of hydrogen-bond donors (Lipinski definition) is 1. The van der Waals surface area contributed by atoms with Gasteiger partial charge in [-0.05, 0) is 30.7 Å². The van der Waals surface area contributed by atoms with E-state index in [0.717, 1.165) is 45.6 Å². The molecular formula is C20H26N4O3. The fraction of sp³-hybridized carbons (Fsp3) is 0.500. The third-order valence-corrected chi connectivity index (χ3v) is 5.96. The summed E-state index contributed by atoms with van der Waals surface area (Å²) in [5.74, 6) is 1.48. The minimum Gasteiger partial charge on any atom is -0.496 e. The summed E-state index contributed by atoms with van der Waals surface area (Å²) in [6.45, 7) is 3.42. The summed E-state index contributed by atoms with van der Waals surface area (Å²) < 4.78 is 12.6. The Morgan fingerprint density at radius 3 is 2.63 bits per heavy atom. The fourth-order valence-electron chi connectivity index (χ4n) is 4.22. The van der Waals surface area contributed by atoms with Crippen LogP contribution in [-0.2, 0) is 11.8 Å². The number of methoxy groups -OCH3 is 1. The summed E-state index contributed by atoms with van der Waals surface area (Å²) in [7, 11) is 3.34. The third-order valence-electron chi connectivity index (χ3n) is 5.96. The Balaban J connectivity index is 1.68. The summed E-state index contributed by atoms with van der Waals surface area (Å²) in [6.07, 6.45) is 3.23. The molecule has 0 radical (unpaired) electrons. The summed E-state index contributed by atoms with van der Waals surface area (Å²) >= 11 is 0. The van der Waals surface area contributed by atoms with E-state index in [-0.39, 0.29) is 11.4 Å². The van der Waals surface area contributed by atoms with Crippen LogP contribution >= 0.6 is 0 Å². The van der Waals surface area contributed by atoms with Crippen LogP contribution in [0.2, 0.25) is 0 Å². The molecule has 144 valence electrons. The summed E-state index contributed by atoms with van der Waals surface area (Å²) in [5, 5.41) is 0. The molecule has 2 aliphatic rings. The van der Waals surface area contributed by atoms with E-state index in [4.69, 9.17) is 15.2 Å². The Kier molecular flexibility index (Phi) is 4.55. The van der Waals surface area contributed by atoms with E-state index in [9.17, 15) is 4.79 Å². The Bertz CT molecular complexity index is 893. The minimum absolute atomic E-state index is 0.161. The van der Waals surface area contributed by atoms with Crippen molar-refractivity contribution in [1.29, 1.82) is 0 Å². The van der Waals surface area contributed by atoms with Crippen LogP contribution in [0.4, 0.5) is 11.8 Å². The quantitative estimate of drug-likeness (QED) is 0.890. The zero-order chi connectivity index (χ0) is 19.0. The molecule has 0 unspecified atom stereocenters. The molecule has 3 heterocycles. The van der Waals surface area contributed by atoms with Crippen molar-refractivity contribution in [2.75, 3.05) is 44.0 Å². The van der Waals surface area contributed by atoms with Gasteiger partial charge in [-0.15, -0.1) is 0 Å². The van der Waals surface area contributed by atoms with Gasteiger partial charge in [0, 0.05) is 32.3 Å². The molecule has 0 saturated carbocycles. The molecule has 2 fully saturated rings. The summed E-state index contributed by atoms with van der Waals surface area (Å²) in [5.41, 5.74) is 7.44. The molecule has 0 amide bonds. The van der Waals surface area contributed by atoms with Crippen LogP contribution in [0.1, 0.15) is 19.3 Å². The van der Waals surface area contributed by atoms with Crippen molar-refractivity contribution in [1.82, 2.24) is 9.55 Å². The van der Waals surface area contributed by atoms with Crippen LogP contribution in [0.5, 0.6) is 5.75 Å². The number of para-hydroxylation sites is 1. The molecule has 4 rings (SSSR count). The standard InChI is InChI=1S/C20H26N4O3/c1-23-18(25)16(14-5-3-4-6-15(14)26-2)17(21)22-19(23)24-10-7-20(8-11-24)9-12-27-13-20/h3-6H,7-13,21H2,1-2H3. The molecule has 2 N–H and O–H groups in total. The Hall–Kier alpha value is -2.54. The van der Waals surface area contributed by atoms with Crippen molar-refractivity contribution >= 4 is 11.8 Å². The first-order valence-electron chi connectivity index (χ1n) is 9.37. The van der Waals surface area contributed by atoms with Gasteiger partial charge in [0.2, 0.25) is 5.95 Å². The van der Waals surface area contributed by atoms with E-state index in [1.807, 2.05) is 24.3 Å². The summed E-state index contributed by atoms with van der Waals surface area (Å²) in [4.78, 5) is 19.9. The second-order valence-corrected chi connectivity index (χ2v) is 7.53. The van der Waals surface area contributed by atoms with Crippen molar-refractivity contribution in [2.45, 2.75) is 19.3 Å². The second kappa shape index (κ2) is 6.88. The van der Waals surface area contributed by atoms with Gasteiger partial charge < -0.3 is 20.1 Å². The fourth-order valence-corrected chi connectivity index (χ4v) is 4.22.